The largest absolute Gasteiger partial charge is 0.314 e. The van der Waals surface area contributed by atoms with Crippen LogP contribution >= 0.6 is 0 Å². The third kappa shape index (κ3) is 5.55. The summed E-state index contributed by atoms with van der Waals surface area (Å²) in [7, 11) is 0. The van der Waals surface area contributed by atoms with Crippen molar-refractivity contribution in [1.29, 1.82) is 0 Å². The second-order valence-corrected chi connectivity index (χ2v) is 5.48. The highest BCUT2D eigenvalue weighted by Gasteiger charge is 2.29. The van der Waals surface area contributed by atoms with Crippen molar-refractivity contribution in [1.82, 2.24) is 5.32 Å². The summed E-state index contributed by atoms with van der Waals surface area (Å²) in [6, 6.07) is 0.794. The summed E-state index contributed by atoms with van der Waals surface area (Å²) in [5.41, 5.74) is 0.508. The van der Waals surface area contributed by atoms with E-state index in [1.54, 1.807) is 0 Å². The molecule has 1 aliphatic carbocycles. The molecule has 1 N–H and O–H groups in total. The molecule has 1 rings (SSSR count). The fraction of sp³-hybridized carbons (Fsp3) is 1.00. The Labute approximate surface area is 97.0 Å². The zero-order valence-electron chi connectivity index (χ0n) is 11.7. The predicted octanol–water partition coefficient (Wildman–Crippen LogP) is 4.23. The van der Waals surface area contributed by atoms with Gasteiger partial charge in [-0.05, 0) is 37.1 Å². The standard InChI is InChI=1S/C12H25N.C2H6/c1-5-13-11-8-6-7-10(9-11)12(2,3)4;1-2/h10-11,13H,5-9H2,1-4H3;1-2H3. The molecule has 1 heteroatoms. The molecule has 0 aliphatic heterocycles. The van der Waals surface area contributed by atoms with Gasteiger partial charge in [0.1, 0.15) is 0 Å². The fourth-order valence-corrected chi connectivity index (χ4v) is 2.45. The maximum Gasteiger partial charge on any atom is 0.00697 e. The number of nitrogens with one attached hydrogen (secondary N) is 1. The molecule has 1 aliphatic rings. The Morgan fingerprint density at radius 2 is 1.73 bits per heavy atom. The van der Waals surface area contributed by atoms with Gasteiger partial charge in [-0.25, -0.2) is 0 Å². The molecule has 1 nitrogen and oxygen atoms in total. The Bertz CT molecular complexity index is 144. The molecule has 92 valence electrons. The maximum atomic E-state index is 3.59. The number of hydrogen-bond donors (Lipinski definition) is 1. The molecule has 0 aromatic rings. The van der Waals surface area contributed by atoms with Gasteiger partial charge in [0.15, 0.2) is 0 Å². The predicted molar refractivity (Wildman–Crippen MR) is 70.2 cm³/mol. The van der Waals surface area contributed by atoms with Gasteiger partial charge in [-0.1, -0.05) is 48.0 Å². The van der Waals surface area contributed by atoms with Crippen molar-refractivity contribution in [3.63, 3.8) is 0 Å². The molecular formula is C14H31N. The monoisotopic (exact) mass is 213 g/mol. The van der Waals surface area contributed by atoms with Crippen molar-refractivity contribution in [3.8, 4) is 0 Å². The molecule has 0 amide bonds. The van der Waals surface area contributed by atoms with E-state index in [0.29, 0.717) is 5.41 Å². The first-order chi connectivity index (χ1) is 7.04. The first kappa shape index (κ1) is 15.0. The van der Waals surface area contributed by atoms with E-state index >= 15 is 0 Å². The first-order valence-corrected chi connectivity index (χ1v) is 6.77. The van der Waals surface area contributed by atoms with Crippen LogP contribution in [0.5, 0.6) is 0 Å². The third-order valence-corrected chi connectivity index (χ3v) is 3.39. The van der Waals surface area contributed by atoms with Crippen LogP contribution in [0.25, 0.3) is 0 Å². The van der Waals surface area contributed by atoms with Crippen LogP contribution in [0.15, 0.2) is 0 Å². The highest BCUT2D eigenvalue weighted by Crippen LogP contribution is 2.37. The van der Waals surface area contributed by atoms with Gasteiger partial charge in [-0.2, -0.15) is 0 Å². The molecule has 0 heterocycles. The third-order valence-electron chi connectivity index (χ3n) is 3.39. The smallest absolute Gasteiger partial charge is 0.00697 e. The van der Waals surface area contributed by atoms with Crippen molar-refractivity contribution in [2.24, 2.45) is 11.3 Å². The summed E-state index contributed by atoms with van der Waals surface area (Å²) in [5.74, 6) is 0.922. The van der Waals surface area contributed by atoms with Gasteiger partial charge in [0.2, 0.25) is 0 Å². The molecule has 0 radical (unpaired) electrons. The lowest BCUT2D eigenvalue weighted by Gasteiger charge is -2.38. The lowest BCUT2D eigenvalue weighted by atomic mass is 9.71. The minimum absolute atomic E-state index is 0.508. The van der Waals surface area contributed by atoms with Crippen molar-refractivity contribution in [2.75, 3.05) is 6.54 Å². The van der Waals surface area contributed by atoms with Crippen LogP contribution in [0.2, 0.25) is 0 Å². The topological polar surface area (TPSA) is 12.0 Å². The van der Waals surface area contributed by atoms with E-state index in [0.717, 1.165) is 18.5 Å². The Morgan fingerprint density at radius 1 is 1.13 bits per heavy atom. The molecule has 0 saturated heterocycles. The van der Waals surface area contributed by atoms with E-state index in [2.05, 4.69) is 33.0 Å². The minimum Gasteiger partial charge on any atom is -0.314 e. The van der Waals surface area contributed by atoms with Crippen LogP contribution in [0, 0.1) is 11.3 Å². The quantitative estimate of drug-likeness (QED) is 0.724. The lowest BCUT2D eigenvalue weighted by Crippen LogP contribution is -2.37. The van der Waals surface area contributed by atoms with E-state index in [4.69, 9.17) is 0 Å². The number of hydrogen-bond acceptors (Lipinski definition) is 1. The van der Waals surface area contributed by atoms with Gasteiger partial charge in [-0.3, -0.25) is 0 Å². The highest BCUT2D eigenvalue weighted by atomic mass is 14.9. The van der Waals surface area contributed by atoms with E-state index < -0.39 is 0 Å². The zero-order chi connectivity index (χ0) is 11.9. The summed E-state index contributed by atoms with van der Waals surface area (Å²) in [6.07, 6.45) is 5.63. The summed E-state index contributed by atoms with van der Waals surface area (Å²) < 4.78 is 0. The van der Waals surface area contributed by atoms with Gasteiger partial charge >= 0.3 is 0 Å². The zero-order valence-corrected chi connectivity index (χ0v) is 11.7. The molecular weight excluding hydrogens is 182 g/mol. The minimum atomic E-state index is 0.508. The molecule has 0 bridgehead atoms. The van der Waals surface area contributed by atoms with Gasteiger partial charge in [0, 0.05) is 6.04 Å². The van der Waals surface area contributed by atoms with E-state index in [1.807, 2.05) is 13.8 Å². The van der Waals surface area contributed by atoms with Gasteiger partial charge in [-0.15, -0.1) is 0 Å². The maximum absolute atomic E-state index is 3.59. The average molecular weight is 213 g/mol. The molecule has 0 spiro atoms. The molecule has 0 aromatic carbocycles. The van der Waals surface area contributed by atoms with Crippen LogP contribution in [-0.2, 0) is 0 Å². The van der Waals surface area contributed by atoms with Gasteiger partial charge in [0.25, 0.3) is 0 Å². The first-order valence-electron chi connectivity index (χ1n) is 6.77. The summed E-state index contributed by atoms with van der Waals surface area (Å²) in [5, 5.41) is 3.59. The lowest BCUT2D eigenvalue weighted by molar-refractivity contribution is 0.155. The van der Waals surface area contributed by atoms with Crippen LogP contribution in [0.1, 0.15) is 67.2 Å². The summed E-state index contributed by atoms with van der Waals surface area (Å²) in [6.45, 7) is 14.5. The molecule has 2 unspecified atom stereocenters. The molecule has 15 heavy (non-hydrogen) atoms. The van der Waals surface area contributed by atoms with E-state index in [9.17, 15) is 0 Å². The second-order valence-electron chi connectivity index (χ2n) is 5.48. The van der Waals surface area contributed by atoms with Gasteiger partial charge < -0.3 is 5.32 Å². The van der Waals surface area contributed by atoms with Crippen molar-refractivity contribution in [3.05, 3.63) is 0 Å². The molecule has 0 aromatic heterocycles. The van der Waals surface area contributed by atoms with Crippen LogP contribution in [0.3, 0.4) is 0 Å². The van der Waals surface area contributed by atoms with Crippen LogP contribution in [0.4, 0.5) is 0 Å². The van der Waals surface area contributed by atoms with Crippen molar-refractivity contribution in [2.45, 2.75) is 73.3 Å². The Hall–Kier alpha value is -0.0400. The molecule has 2 atom stereocenters. The average Bonchev–Trinajstić information content (AvgIpc) is 2.21. The Morgan fingerprint density at radius 3 is 2.20 bits per heavy atom. The van der Waals surface area contributed by atoms with Crippen molar-refractivity contribution >= 4 is 0 Å². The summed E-state index contributed by atoms with van der Waals surface area (Å²) >= 11 is 0. The van der Waals surface area contributed by atoms with E-state index in [-0.39, 0.29) is 0 Å². The van der Waals surface area contributed by atoms with Gasteiger partial charge in [0.05, 0.1) is 0 Å². The Kier molecular flexibility index (Phi) is 7.25. The SMILES string of the molecule is CC.CCNC1CCCC(C(C)(C)C)C1. The van der Waals surface area contributed by atoms with Crippen molar-refractivity contribution < 1.29 is 0 Å². The highest BCUT2D eigenvalue weighted by molar-refractivity contribution is 4.83. The second kappa shape index (κ2) is 7.27. The number of rotatable bonds is 2. The van der Waals surface area contributed by atoms with Crippen LogP contribution < -0.4 is 5.32 Å². The summed E-state index contributed by atoms with van der Waals surface area (Å²) in [4.78, 5) is 0. The van der Waals surface area contributed by atoms with E-state index in [1.165, 1.54) is 25.7 Å². The molecule has 1 fully saturated rings. The normalized spacial score (nSPS) is 26.8. The molecule has 1 saturated carbocycles. The van der Waals surface area contributed by atoms with Crippen LogP contribution in [-0.4, -0.2) is 12.6 Å². The Balaban J connectivity index is 0.000000921. The fourth-order valence-electron chi connectivity index (χ4n) is 2.45.